The first-order valence-corrected chi connectivity index (χ1v) is 8.26. The Bertz CT molecular complexity index is 1070. The van der Waals surface area contributed by atoms with Crippen LogP contribution in [-0.4, -0.2) is 19.7 Å². The Labute approximate surface area is 152 Å². The normalized spacial score (nSPS) is 10.2. The number of aryl methyl sites for hydroxylation is 1. The molecule has 0 atom stereocenters. The van der Waals surface area contributed by atoms with Crippen molar-refractivity contribution < 1.29 is 0 Å². The van der Waals surface area contributed by atoms with E-state index in [4.69, 9.17) is 0 Å². The molecule has 4 heteroatoms. The van der Waals surface area contributed by atoms with Crippen molar-refractivity contribution in [3.8, 4) is 34.2 Å². The summed E-state index contributed by atoms with van der Waals surface area (Å²) >= 11 is 0. The maximum atomic E-state index is 4.63. The molecule has 4 aromatic rings. The van der Waals surface area contributed by atoms with Gasteiger partial charge in [-0.3, -0.25) is 14.6 Å². The highest BCUT2D eigenvalue weighted by atomic mass is 15.2. The SMILES string of the molecule is Cn1cc(-c2ccncc2)c(-c2ccc(C#Cc3cccnc3)cc2)n1. The van der Waals surface area contributed by atoms with Gasteiger partial charge in [-0.15, -0.1) is 0 Å². The fourth-order valence-electron chi connectivity index (χ4n) is 2.74. The number of nitrogens with zero attached hydrogens (tertiary/aromatic N) is 4. The predicted octanol–water partition coefficient (Wildman–Crippen LogP) is 3.94. The lowest BCUT2D eigenvalue weighted by atomic mass is 10.0. The van der Waals surface area contributed by atoms with Crippen molar-refractivity contribution in [1.29, 1.82) is 0 Å². The molecule has 0 saturated carbocycles. The quantitative estimate of drug-likeness (QED) is 0.521. The number of rotatable bonds is 2. The molecule has 0 saturated heterocycles. The molecule has 0 aliphatic heterocycles. The lowest BCUT2D eigenvalue weighted by molar-refractivity contribution is 0.771. The van der Waals surface area contributed by atoms with Gasteiger partial charge in [-0.2, -0.15) is 5.10 Å². The number of pyridine rings is 2. The molecule has 0 fully saturated rings. The minimum Gasteiger partial charge on any atom is -0.275 e. The minimum atomic E-state index is 0.904. The molecule has 0 radical (unpaired) electrons. The largest absolute Gasteiger partial charge is 0.275 e. The van der Waals surface area contributed by atoms with Crippen LogP contribution in [0.2, 0.25) is 0 Å². The zero-order valence-electron chi connectivity index (χ0n) is 14.3. The molecule has 0 unspecified atom stereocenters. The second-order valence-electron chi connectivity index (χ2n) is 5.87. The standard InChI is InChI=1S/C22H16N4/c1-26-16-21(19-10-13-23-14-11-19)22(25-26)20-8-6-17(7-9-20)4-5-18-3-2-12-24-15-18/h2-3,6-16H,1H3. The van der Waals surface area contributed by atoms with Crippen LogP contribution in [0, 0.1) is 11.8 Å². The summed E-state index contributed by atoms with van der Waals surface area (Å²) < 4.78 is 1.83. The second kappa shape index (κ2) is 7.04. The van der Waals surface area contributed by atoms with Gasteiger partial charge in [-0.05, 0) is 42.0 Å². The van der Waals surface area contributed by atoms with E-state index in [2.05, 4.69) is 39.0 Å². The van der Waals surface area contributed by atoms with Gasteiger partial charge in [0, 0.05) is 60.3 Å². The van der Waals surface area contributed by atoms with E-state index in [1.807, 2.05) is 54.3 Å². The number of aromatic nitrogens is 4. The summed E-state index contributed by atoms with van der Waals surface area (Å²) in [6, 6.07) is 16.0. The molecule has 0 amide bonds. The molecule has 0 aliphatic carbocycles. The van der Waals surface area contributed by atoms with Gasteiger partial charge in [0.05, 0.1) is 0 Å². The van der Waals surface area contributed by atoms with Crippen molar-refractivity contribution in [2.45, 2.75) is 0 Å². The van der Waals surface area contributed by atoms with Crippen LogP contribution in [-0.2, 0) is 7.05 Å². The Morgan fingerprint density at radius 3 is 2.27 bits per heavy atom. The minimum absolute atomic E-state index is 0.904. The van der Waals surface area contributed by atoms with Crippen molar-refractivity contribution in [2.75, 3.05) is 0 Å². The predicted molar refractivity (Wildman–Crippen MR) is 102 cm³/mol. The zero-order chi connectivity index (χ0) is 17.8. The molecule has 3 heterocycles. The maximum Gasteiger partial charge on any atom is 0.100 e. The summed E-state index contributed by atoms with van der Waals surface area (Å²) in [6.45, 7) is 0. The summed E-state index contributed by atoms with van der Waals surface area (Å²) in [4.78, 5) is 8.16. The van der Waals surface area contributed by atoms with Crippen LogP contribution in [0.3, 0.4) is 0 Å². The van der Waals surface area contributed by atoms with E-state index in [1.165, 1.54) is 0 Å². The molecule has 124 valence electrons. The van der Waals surface area contributed by atoms with Gasteiger partial charge < -0.3 is 0 Å². The van der Waals surface area contributed by atoms with Crippen LogP contribution < -0.4 is 0 Å². The smallest absolute Gasteiger partial charge is 0.100 e. The van der Waals surface area contributed by atoms with E-state index >= 15 is 0 Å². The van der Waals surface area contributed by atoms with E-state index < -0.39 is 0 Å². The van der Waals surface area contributed by atoms with Gasteiger partial charge in [0.1, 0.15) is 5.69 Å². The summed E-state index contributed by atoms with van der Waals surface area (Å²) in [5.41, 5.74) is 6.06. The Hall–Kier alpha value is -3.71. The summed E-state index contributed by atoms with van der Waals surface area (Å²) in [5, 5.41) is 4.63. The van der Waals surface area contributed by atoms with Crippen LogP contribution in [0.15, 0.2) is 79.5 Å². The van der Waals surface area contributed by atoms with Gasteiger partial charge in [0.2, 0.25) is 0 Å². The van der Waals surface area contributed by atoms with Crippen molar-refractivity contribution in [3.05, 3.63) is 90.6 Å². The van der Waals surface area contributed by atoms with E-state index in [9.17, 15) is 0 Å². The van der Waals surface area contributed by atoms with E-state index in [0.717, 1.165) is 33.5 Å². The molecule has 0 N–H and O–H groups in total. The highest BCUT2D eigenvalue weighted by Crippen LogP contribution is 2.30. The number of benzene rings is 1. The average molecular weight is 336 g/mol. The van der Waals surface area contributed by atoms with Gasteiger partial charge in [0.25, 0.3) is 0 Å². The van der Waals surface area contributed by atoms with E-state index in [1.54, 1.807) is 24.8 Å². The first-order valence-electron chi connectivity index (χ1n) is 8.26. The Morgan fingerprint density at radius 2 is 1.54 bits per heavy atom. The molecule has 26 heavy (non-hydrogen) atoms. The second-order valence-corrected chi connectivity index (χ2v) is 5.87. The molecule has 1 aromatic carbocycles. The molecule has 4 rings (SSSR count). The summed E-state index contributed by atoms with van der Waals surface area (Å²) in [6.07, 6.45) is 9.12. The lowest BCUT2D eigenvalue weighted by Gasteiger charge is -2.03. The fourth-order valence-corrected chi connectivity index (χ4v) is 2.74. The van der Waals surface area contributed by atoms with E-state index in [-0.39, 0.29) is 0 Å². The lowest BCUT2D eigenvalue weighted by Crippen LogP contribution is -1.88. The first-order chi connectivity index (χ1) is 12.8. The number of hydrogen-bond donors (Lipinski definition) is 0. The van der Waals surface area contributed by atoms with Gasteiger partial charge in [-0.25, -0.2) is 0 Å². The third-order valence-electron chi connectivity index (χ3n) is 3.99. The van der Waals surface area contributed by atoms with Crippen molar-refractivity contribution in [1.82, 2.24) is 19.7 Å². The van der Waals surface area contributed by atoms with Crippen LogP contribution in [0.5, 0.6) is 0 Å². The van der Waals surface area contributed by atoms with Crippen LogP contribution in [0.1, 0.15) is 11.1 Å². The highest BCUT2D eigenvalue weighted by molar-refractivity contribution is 5.80. The Balaban J connectivity index is 1.65. The van der Waals surface area contributed by atoms with Crippen molar-refractivity contribution >= 4 is 0 Å². The van der Waals surface area contributed by atoms with Gasteiger partial charge in [-0.1, -0.05) is 24.0 Å². The van der Waals surface area contributed by atoms with E-state index in [0.29, 0.717) is 0 Å². The zero-order valence-corrected chi connectivity index (χ0v) is 14.3. The van der Waals surface area contributed by atoms with Crippen molar-refractivity contribution in [3.63, 3.8) is 0 Å². The summed E-state index contributed by atoms with van der Waals surface area (Å²) in [7, 11) is 1.93. The number of hydrogen-bond acceptors (Lipinski definition) is 3. The highest BCUT2D eigenvalue weighted by Gasteiger charge is 2.11. The van der Waals surface area contributed by atoms with Crippen molar-refractivity contribution in [2.24, 2.45) is 7.05 Å². The summed E-state index contributed by atoms with van der Waals surface area (Å²) in [5.74, 6) is 6.29. The molecule has 3 aromatic heterocycles. The van der Waals surface area contributed by atoms with Gasteiger partial charge >= 0.3 is 0 Å². The first kappa shape index (κ1) is 15.8. The topological polar surface area (TPSA) is 43.6 Å². The molecular formula is C22H16N4. The van der Waals surface area contributed by atoms with Crippen LogP contribution >= 0.6 is 0 Å². The maximum absolute atomic E-state index is 4.63. The van der Waals surface area contributed by atoms with Crippen LogP contribution in [0.4, 0.5) is 0 Å². The fraction of sp³-hybridized carbons (Fsp3) is 0.0455. The van der Waals surface area contributed by atoms with Gasteiger partial charge in [0.15, 0.2) is 0 Å². The third kappa shape index (κ3) is 3.38. The van der Waals surface area contributed by atoms with Crippen LogP contribution in [0.25, 0.3) is 22.4 Å². The monoisotopic (exact) mass is 336 g/mol. The molecule has 0 spiro atoms. The molecule has 0 bridgehead atoms. The molecule has 4 nitrogen and oxygen atoms in total. The third-order valence-corrected chi connectivity index (χ3v) is 3.99. The molecule has 0 aliphatic rings. The Kier molecular flexibility index (Phi) is 4.28. The Morgan fingerprint density at radius 1 is 0.769 bits per heavy atom. The average Bonchev–Trinajstić information content (AvgIpc) is 3.10. The molecular weight excluding hydrogens is 320 g/mol.